The van der Waals surface area contributed by atoms with E-state index in [1.807, 2.05) is 37.5 Å². The summed E-state index contributed by atoms with van der Waals surface area (Å²) in [7, 11) is 0. The molecular formula is C16H20N8O. The molecular weight excluding hydrogens is 320 g/mol. The number of hydrogen-bond acceptors (Lipinski definition) is 5. The summed E-state index contributed by atoms with van der Waals surface area (Å²) in [6.07, 6.45) is 2.46. The Bertz CT molecular complexity index is 866. The van der Waals surface area contributed by atoms with Crippen molar-refractivity contribution < 1.29 is 4.79 Å². The Labute approximate surface area is 144 Å². The Kier molecular flexibility index (Phi) is 4.73. The molecule has 3 aromatic heterocycles. The fraction of sp³-hybridized carbons (Fsp3) is 0.312. The van der Waals surface area contributed by atoms with Crippen LogP contribution in [0.25, 0.3) is 11.5 Å². The van der Waals surface area contributed by atoms with E-state index in [-0.39, 0.29) is 6.04 Å². The van der Waals surface area contributed by atoms with Crippen molar-refractivity contribution >= 4 is 17.7 Å². The third kappa shape index (κ3) is 3.82. The van der Waals surface area contributed by atoms with E-state index in [2.05, 4.69) is 36.0 Å². The van der Waals surface area contributed by atoms with Crippen molar-refractivity contribution in [3.63, 3.8) is 0 Å². The predicted molar refractivity (Wildman–Crippen MR) is 94.2 cm³/mol. The number of aromatic nitrogens is 6. The van der Waals surface area contributed by atoms with Crippen LogP contribution in [0.5, 0.6) is 0 Å². The normalized spacial score (nSPS) is 10.9. The molecule has 25 heavy (non-hydrogen) atoms. The number of nitrogens with one attached hydrogen (secondary N) is 3. The topological polar surface area (TPSA) is 113 Å². The first-order valence-corrected chi connectivity index (χ1v) is 8.06. The van der Waals surface area contributed by atoms with E-state index < -0.39 is 6.03 Å². The lowest BCUT2D eigenvalue weighted by Gasteiger charge is -2.10. The lowest BCUT2D eigenvalue weighted by Crippen LogP contribution is -2.20. The van der Waals surface area contributed by atoms with Crippen molar-refractivity contribution in [2.24, 2.45) is 0 Å². The number of nitrogens with zero attached hydrogens (tertiary/aromatic N) is 5. The van der Waals surface area contributed by atoms with E-state index in [0.29, 0.717) is 23.2 Å². The number of aryl methyl sites for hydroxylation is 1. The van der Waals surface area contributed by atoms with Crippen molar-refractivity contribution in [1.82, 2.24) is 29.9 Å². The van der Waals surface area contributed by atoms with Gasteiger partial charge in [-0.1, -0.05) is 13.0 Å². The quantitative estimate of drug-likeness (QED) is 0.661. The molecule has 0 radical (unpaired) electrons. The summed E-state index contributed by atoms with van der Waals surface area (Å²) < 4.78 is 1.92. The van der Waals surface area contributed by atoms with Crippen LogP contribution in [-0.2, 0) is 6.42 Å². The van der Waals surface area contributed by atoms with E-state index in [9.17, 15) is 4.79 Å². The lowest BCUT2D eigenvalue weighted by molar-refractivity contribution is 0.262. The number of anilines is 2. The predicted octanol–water partition coefficient (Wildman–Crippen LogP) is 2.85. The average Bonchev–Trinajstić information content (AvgIpc) is 3.23. The summed E-state index contributed by atoms with van der Waals surface area (Å²) >= 11 is 0. The number of amides is 2. The van der Waals surface area contributed by atoms with Crippen molar-refractivity contribution in [3.8, 4) is 11.5 Å². The molecule has 3 N–H and O–H groups in total. The molecule has 0 atom stereocenters. The summed E-state index contributed by atoms with van der Waals surface area (Å²) in [5.74, 6) is 1.61. The van der Waals surface area contributed by atoms with Gasteiger partial charge >= 0.3 is 6.03 Å². The van der Waals surface area contributed by atoms with Gasteiger partial charge in [-0.05, 0) is 32.4 Å². The highest BCUT2D eigenvalue weighted by Gasteiger charge is 2.12. The molecule has 3 aromatic rings. The van der Waals surface area contributed by atoms with Crippen molar-refractivity contribution in [2.75, 3.05) is 10.6 Å². The smallest absolute Gasteiger partial charge is 0.310 e. The Morgan fingerprint density at radius 2 is 2.16 bits per heavy atom. The highest BCUT2D eigenvalue weighted by atomic mass is 16.2. The molecule has 0 unspecified atom stereocenters. The van der Waals surface area contributed by atoms with Gasteiger partial charge in [-0.25, -0.2) is 9.78 Å². The summed E-state index contributed by atoms with van der Waals surface area (Å²) in [6, 6.07) is 6.94. The Hall–Kier alpha value is -3.23. The first-order chi connectivity index (χ1) is 12.1. The van der Waals surface area contributed by atoms with Gasteiger partial charge in [0, 0.05) is 12.1 Å². The van der Waals surface area contributed by atoms with Crippen LogP contribution in [0.15, 0.2) is 30.6 Å². The van der Waals surface area contributed by atoms with Crippen LogP contribution in [0, 0.1) is 0 Å². The number of aromatic amines is 1. The summed E-state index contributed by atoms with van der Waals surface area (Å²) in [4.78, 5) is 16.5. The minimum absolute atomic E-state index is 0.208. The van der Waals surface area contributed by atoms with Gasteiger partial charge in [0.25, 0.3) is 0 Å². The zero-order valence-electron chi connectivity index (χ0n) is 14.3. The van der Waals surface area contributed by atoms with Crippen molar-refractivity contribution in [3.05, 3.63) is 36.3 Å². The van der Waals surface area contributed by atoms with Crippen LogP contribution in [0.3, 0.4) is 0 Å². The number of hydrogen-bond donors (Lipinski definition) is 3. The largest absolute Gasteiger partial charge is 0.326 e. The number of carbonyl (C=O) groups is 1. The van der Waals surface area contributed by atoms with Crippen LogP contribution in [0.2, 0.25) is 0 Å². The van der Waals surface area contributed by atoms with Crippen LogP contribution in [0.1, 0.15) is 32.5 Å². The number of carbonyl (C=O) groups excluding carboxylic acids is 1. The van der Waals surface area contributed by atoms with Gasteiger partial charge < -0.3 is 4.57 Å². The average molecular weight is 340 g/mol. The maximum atomic E-state index is 12.1. The molecule has 9 nitrogen and oxygen atoms in total. The van der Waals surface area contributed by atoms with Crippen molar-refractivity contribution in [2.45, 2.75) is 33.2 Å². The maximum absolute atomic E-state index is 12.1. The SMILES string of the molecule is CCc1cc(NC(=O)Nc2cccc(-c3nncn3C(C)C)n2)[nH]n1. The fourth-order valence-corrected chi connectivity index (χ4v) is 2.31. The maximum Gasteiger partial charge on any atom is 0.326 e. The third-order valence-electron chi connectivity index (χ3n) is 3.59. The first-order valence-electron chi connectivity index (χ1n) is 8.06. The first kappa shape index (κ1) is 16.6. The van der Waals surface area contributed by atoms with Gasteiger partial charge in [-0.3, -0.25) is 15.7 Å². The van der Waals surface area contributed by atoms with E-state index in [4.69, 9.17) is 0 Å². The molecule has 0 aliphatic heterocycles. The number of rotatable bonds is 5. The minimum Gasteiger partial charge on any atom is -0.310 e. The Morgan fingerprint density at radius 1 is 1.32 bits per heavy atom. The van der Waals surface area contributed by atoms with Crippen LogP contribution in [0.4, 0.5) is 16.4 Å². The molecule has 0 aliphatic rings. The molecule has 0 fully saturated rings. The molecule has 0 bridgehead atoms. The van der Waals surface area contributed by atoms with Crippen LogP contribution >= 0.6 is 0 Å². The molecule has 0 saturated carbocycles. The number of pyridine rings is 1. The van der Waals surface area contributed by atoms with Gasteiger partial charge in [0.15, 0.2) is 5.82 Å². The molecule has 3 rings (SSSR count). The van der Waals surface area contributed by atoms with Gasteiger partial charge in [-0.2, -0.15) is 5.10 Å². The second-order valence-corrected chi connectivity index (χ2v) is 5.77. The van der Waals surface area contributed by atoms with Crippen LogP contribution in [-0.4, -0.2) is 36.0 Å². The van der Waals surface area contributed by atoms with Gasteiger partial charge in [0.2, 0.25) is 0 Å². The second kappa shape index (κ2) is 7.12. The number of H-pyrrole nitrogens is 1. The molecule has 2 amide bonds. The Morgan fingerprint density at radius 3 is 2.88 bits per heavy atom. The Balaban J connectivity index is 1.73. The minimum atomic E-state index is -0.402. The molecule has 130 valence electrons. The molecule has 9 heteroatoms. The van der Waals surface area contributed by atoms with Gasteiger partial charge in [-0.15, -0.1) is 10.2 Å². The molecule has 3 heterocycles. The van der Waals surface area contributed by atoms with Crippen molar-refractivity contribution in [1.29, 1.82) is 0 Å². The lowest BCUT2D eigenvalue weighted by atomic mass is 10.3. The molecule has 0 aliphatic carbocycles. The number of urea groups is 1. The van der Waals surface area contributed by atoms with Gasteiger partial charge in [0.05, 0.1) is 5.69 Å². The molecule has 0 spiro atoms. The van der Waals surface area contributed by atoms with E-state index in [1.54, 1.807) is 18.5 Å². The highest BCUT2D eigenvalue weighted by Crippen LogP contribution is 2.19. The third-order valence-corrected chi connectivity index (χ3v) is 3.59. The zero-order chi connectivity index (χ0) is 17.8. The summed E-state index contributed by atoms with van der Waals surface area (Å²) in [5.41, 5.74) is 1.52. The monoisotopic (exact) mass is 340 g/mol. The van der Waals surface area contributed by atoms with Gasteiger partial charge in [0.1, 0.15) is 23.7 Å². The molecule has 0 saturated heterocycles. The van der Waals surface area contributed by atoms with E-state index in [0.717, 1.165) is 12.1 Å². The standard InChI is InChI=1S/C16H20N8O/c1-4-11-8-14(22-21-11)20-16(25)19-13-7-5-6-12(18-13)15-23-17-9-24(15)10(2)3/h5-10H,4H2,1-3H3,(H3,18,19,20,21,22,25). The zero-order valence-corrected chi connectivity index (χ0v) is 14.3. The second-order valence-electron chi connectivity index (χ2n) is 5.77. The highest BCUT2D eigenvalue weighted by molar-refractivity contribution is 5.98. The summed E-state index contributed by atoms with van der Waals surface area (Å²) in [6.45, 7) is 6.07. The summed E-state index contributed by atoms with van der Waals surface area (Å²) in [5, 5.41) is 20.3. The molecule has 0 aromatic carbocycles. The van der Waals surface area contributed by atoms with E-state index >= 15 is 0 Å². The fourth-order valence-electron chi connectivity index (χ4n) is 2.31. The van der Waals surface area contributed by atoms with E-state index in [1.165, 1.54) is 0 Å². The van der Waals surface area contributed by atoms with Crippen LogP contribution < -0.4 is 10.6 Å².